The zero-order valence-electron chi connectivity index (χ0n) is 6.95. The van der Waals surface area contributed by atoms with Crippen molar-refractivity contribution in [2.75, 3.05) is 0 Å². The number of hydrogen-bond acceptors (Lipinski definition) is 5. The maximum atomic E-state index is 11.0. The van der Waals surface area contributed by atoms with Crippen LogP contribution < -0.4 is 4.74 Å². The molecule has 0 spiro atoms. The molecule has 0 unspecified atom stereocenters. The number of rotatable bonds is 1. The van der Waals surface area contributed by atoms with E-state index in [9.17, 15) is 9.59 Å². The highest BCUT2D eigenvalue weighted by atomic mass is 32.2. The molecule has 0 aliphatic carbocycles. The summed E-state index contributed by atoms with van der Waals surface area (Å²) in [7, 11) is 0. The topological polar surface area (TPSA) is 46.6 Å². The minimum absolute atomic E-state index is 0.300. The number of benzene rings is 1. The van der Waals surface area contributed by atoms with Crippen LogP contribution in [-0.2, 0) is 9.59 Å². The first-order valence-corrected chi connectivity index (χ1v) is 4.40. The van der Waals surface area contributed by atoms with E-state index >= 15 is 0 Å². The second-order valence-electron chi connectivity index (χ2n) is 2.30. The van der Waals surface area contributed by atoms with Crippen LogP contribution in [0.3, 0.4) is 0 Å². The summed E-state index contributed by atoms with van der Waals surface area (Å²) >= 11 is 7.09. The molecule has 1 amide bonds. The summed E-state index contributed by atoms with van der Waals surface area (Å²) < 4.78 is 5.27. The molecule has 1 aromatic rings. The Morgan fingerprint density at radius 2 is 1.71 bits per heavy atom. The highest BCUT2D eigenvalue weighted by Crippen LogP contribution is 2.09. The second kappa shape index (κ2) is 4.92. The zero-order chi connectivity index (χ0) is 10.6. The minimum atomic E-state index is -1.03. The molecule has 0 aliphatic heterocycles. The average Bonchev–Trinajstić information content (AvgIpc) is 2.18. The van der Waals surface area contributed by atoms with Crippen molar-refractivity contribution in [3.63, 3.8) is 0 Å². The lowest BCUT2D eigenvalue weighted by Gasteiger charge is -2.06. The van der Waals surface area contributed by atoms with E-state index < -0.39 is 11.9 Å². The molecular weight excluding hydrogens is 222 g/mol. The molecule has 6 heteroatoms. The summed E-state index contributed by atoms with van der Waals surface area (Å²) in [5, 5.41) is 0. The van der Waals surface area contributed by atoms with Gasteiger partial charge in [0.15, 0.2) is 0 Å². The lowest BCUT2D eigenvalue weighted by Crippen LogP contribution is -2.27. The van der Waals surface area contributed by atoms with Crippen molar-refractivity contribution >= 4 is 37.5 Å². The summed E-state index contributed by atoms with van der Waals surface area (Å²) in [5.74, 6) is -1.67. The Kier molecular flexibility index (Phi) is 3.84. The van der Waals surface area contributed by atoms with Gasteiger partial charge in [-0.1, -0.05) is 43.8 Å². The molecule has 4 nitrogen and oxygen atoms in total. The number of para-hydroxylation sites is 1. The lowest BCUT2D eigenvalue weighted by atomic mass is 10.3. The number of ether oxygens (including phenoxy) is 1. The van der Waals surface area contributed by atoms with E-state index in [2.05, 4.69) is 25.6 Å². The van der Waals surface area contributed by atoms with Crippen LogP contribution in [-0.4, -0.2) is 15.6 Å². The third-order valence-electron chi connectivity index (χ3n) is 1.31. The Balaban J connectivity index is 2.63. The number of esters is 1. The molecule has 0 aliphatic rings. The Morgan fingerprint density at radius 3 is 2.21 bits per heavy atom. The van der Waals surface area contributed by atoms with Crippen molar-refractivity contribution in [2.45, 2.75) is 0 Å². The van der Waals surface area contributed by atoms with Crippen molar-refractivity contribution in [3.8, 4) is 5.75 Å². The molecule has 1 rings (SSSR count). The summed E-state index contributed by atoms with van der Waals surface area (Å²) in [6, 6.07) is 8.26. The van der Waals surface area contributed by atoms with Crippen LogP contribution in [0.25, 0.3) is 0 Å². The minimum Gasteiger partial charge on any atom is -0.419 e. The van der Waals surface area contributed by atoms with Crippen molar-refractivity contribution in [3.05, 3.63) is 30.3 Å². The fourth-order valence-electron chi connectivity index (χ4n) is 0.721. The van der Waals surface area contributed by atoms with E-state index in [1.54, 1.807) is 30.3 Å². The number of thiol groups is 2. The van der Waals surface area contributed by atoms with Crippen LogP contribution in [0.5, 0.6) is 5.75 Å². The third-order valence-corrected chi connectivity index (χ3v) is 1.67. The largest absolute Gasteiger partial charge is 0.419 e. The van der Waals surface area contributed by atoms with Gasteiger partial charge in [0.25, 0.3) is 0 Å². The molecule has 0 heterocycles. The van der Waals surface area contributed by atoms with Crippen LogP contribution in [0, 0.1) is 0 Å². The third kappa shape index (κ3) is 2.97. The van der Waals surface area contributed by atoms with E-state index in [1.807, 2.05) is 0 Å². The Labute approximate surface area is 91.9 Å². The standard InChI is InChI=1S/C8H7NO3S2/c10-7(9(13)14)8(11)12-6-4-2-1-3-5-6/h1-5,13-14H. The molecule has 0 saturated carbocycles. The number of carbonyl (C=O) groups is 2. The Hall–Kier alpha value is -1.14. The quantitative estimate of drug-likeness (QED) is 0.328. The fraction of sp³-hybridized carbons (Fsp3) is 0. The lowest BCUT2D eigenvalue weighted by molar-refractivity contribution is -0.149. The molecule has 0 radical (unpaired) electrons. The van der Waals surface area contributed by atoms with Gasteiger partial charge in [0.05, 0.1) is 0 Å². The number of carbonyl (C=O) groups excluding carboxylic acids is 2. The van der Waals surface area contributed by atoms with Gasteiger partial charge in [0, 0.05) is 0 Å². The average molecular weight is 229 g/mol. The van der Waals surface area contributed by atoms with Crippen LogP contribution >= 0.6 is 25.6 Å². The Bertz CT molecular complexity index is 340. The molecule has 74 valence electrons. The van der Waals surface area contributed by atoms with Gasteiger partial charge in [-0.25, -0.2) is 8.51 Å². The molecule has 0 saturated heterocycles. The van der Waals surface area contributed by atoms with E-state index in [-0.39, 0.29) is 0 Å². The maximum Gasteiger partial charge on any atom is 0.404 e. The predicted octanol–water partition coefficient (Wildman–Crippen LogP) is 1.11. The molecule has 0 atom stereocenters. The monoisotopic (exact) mass is 229 g/mol. The number of nitrogens with zero attached hydrogens (tertiary/aromatic N) is 1. The van der Waals surface area contributed by atoms with Crippen LogP contribution in [0.1, 0.15) is 0 Å². The van der Waals surface area contributed by atoms with Crippen LogP contribution in [0.15, 0.2) is 30.3 Å². The molecule has 14 heavy (non-hydrogen) atoms. The highest BCUT2D eigenvalue weighted by Gasteiger charge is 2.19. The Morgan fingerprint density at radius 1 is 1.14 bits per heavy atom. The molecule has 1 aromatic carbocycles. The van der Waals surface area contributed by atoms with E-state index in [4.69, 9.17) is 4.74 Å². The normalized spacial score (nSPS) is 9.29. The second-order valence-corrected chi connectivity index (χ2v) is 3.41. The maximum absolute atomic E-state index is 11.0. The molecule has 0 bridgehead atoms. The molecular formula is C8H7NO3S2. The predicted molar refractivity (Wildman–Crippen MR) is 56.9 cm³/mol. The summed E-state index contributed by atoms with van der Waals surface area (Å²) in [5.41, 5.74) is 0. The summed E-state index contributed by atoms with van der Waals surface area (Å²) in [6.07, 6.45) is 0. The van der Waals surface area contributed by atoms with Crippen LogP contribution in [0.2, 0.25) is 0 Å². The molecule has 0 fully saturated rings. The van der Waals surface area contributed by atoms with E-state index in [0.29, 0.717) is 9.46 Å². The van der Waals surface area contributed by atoms with Crippen molar-refractivity contribution < 1.29 is 14.3 Å². The first-order chi connectivity index (χ1) is 6.61. The molecule has 0 N–H and O–H groups in total. The van der Waals surface area contributed by atoms with E-state index in [0.717, 1.165) is 0 Å². The van der Waals surface area contributed by atoms with Gasteiger partial charge >= 0.3 is 11.9 Å². The van der Waals surface area contributed by atoms with Gasteiger partial charge in [0.1, 0.15) is 5.75 Å². The summed E-state index contributed by atoms with van der Waals surface area (Å²) in [4.78, 5) is 22.0. The van der Waals surface area contributed by atoms with Crippen molar-refractivity contribution in [1.29, 1.82) is 0 Å². The number of amides is 1. The van der Waals surface area contributed by atoms with Crippen molar-refractivity contribution in [1.82, 2.24) is 3.71 Å². The zero-order valence-corrected chi connectivity index (χ0v) is 8.74. The van der Waals surface area contributed by atoms with Crippen molar-refractivity contribution in [2.24, 2.45) is 0 Å². The van der Waals surface area contributed by atoms with Gasteiger partial charge in [-0.15, -0.1) is 0 Å². The first kappa shape index (κ1) is 10.9. The van der Waals surface area contributed by atoms with Gasteiger partial charge in [0.2, 0.25) is 0 Å². The highest BCUT2D eigenvalue weighted by molar-refractivity contribution is 7.94. The molecule has 0 aromatic heterocycles. The van der Waals surface area contributed by atoms with Crippen LogP contribution in [0.4, 0.5) is 0 Å². The van der Waals surface area contributed by atoms with E-state index in [1.165, 1.54) is 0 Å². The number of hydrogen-bond donors (Lipinski definition) is 2. The van der Waals surface area contributed by atoms with Gasteiger partial charge in [-0.2, -0.15) is 0 Å². The van der Waals surface area contributed by atoms with Gasteiger partial charge in [-0.3, -0.25) is 4.79 Å². The fourth-order valence-corrected chi connectivity index (χ4v) is 0.884. The summed E-state index contributed by atoms with van der Waals surface area (Å²) in [6.45, 7) is 0. The first-order valence-electron chi connectivity index (χ1n) is 3.60. The van der Waals surface area contributed by atoms with Gasteiger partial charge in [-0.05, 0) is 12.1 Å². The SMILES string of the molecule is O=C(Oc1ccccc1)C(=O)N(S)S. The smallest absolute Gasteiger partial charge is 0.404 e. The van der Waals surface area contributed by atoms with Gasteiger partial charge < -0.3 is 4.74 Å².